The number of hydrogen-bond donors (Lipinski definition) is 14. The topological polar surface area (TPSA) is 471 Å². The van der Waals surface area contributed by atoms with E-state index in [4.69, 9.17) is 56.8 Å². The lowest BCUT2D eigenvalue weighted by molar-refractivity contribution is -0.408. The van der Waals surface area contributed by atoms with Gasteiger partial charge >= 0.3 is 23.9 Å². The van der Waals surface area contributed by atoms with Crippen LogP contribution in [0.4, 0.5) is 0 Å². The summed E-state index contributed by atoms with van der Waals surface area (Å²) in [6.07, 6.45) is -25.4. The largest absolute Gasteiger partial charge is 0.477 e. The van der Waals surface area contributed by atoms with E-state index in [1.54, 1.807) is 6.92 Å². The van der Waals surface area contributed by atoms with Gasteiger partial charge in [0.15, 0.2) is 0 Å². The number of aliphatic hydroxyl groups is 11. The molecule has 0 bridgehead atoms. The van der Waals surface area contributed by atoms with Gasteiger partial charge in [0.1, 0.15) is 61.5 Å². The Bertz CT molecular complexity index is 1910. The molecule has 31 heteroatoms. The maximum Gasteiger partial charge on any atom is 0.367 e. The van der Waals surface area contributed by atoms with Gasteiger partial charge in [0.25, 0.3) is 23.8 Å². The van der Waals surface area contributed by atoms with Crippen molar-refractivity contribution in [1.82, 2.24) is 5.32 Å². The van der Waals surface area contributed by atoms with Gasteiger partial charge in [0.2, 0.25) is 5.91 Å². The van der Waals surface area contributed by atoms with Crippen molar-refractivity contribution >= 4 is 30.3 Å². The quantitative estimate of drug-likeness (QED) is 0.0272. The lowest BCUT2D eigenvalue weighted by Crippen LogP contribution is -2.69. The summed E-state index contributed by atoms with van der Waals surface area (Å²) in [5.74, 6) is -16.9. The average Bonchev–Trinajstić information content (AvgIpc) is 3.37. The summed E-state index contributed by atoms with van der Waals surface area (Å²) in [4.78, 5) is 60.0. The minimum atomic E-state index is -2.69. The highest BCUT2D eigenvalue weighted by Gasteiger charge is 2.62. The summed E-state index contributed by atoms with van der Waals surface area (Å²) in [5, 5.41) is 137. The second-order valence-electron chi connectivity index (χ2n) is 19.4. The monoisotopic (exact) mass is 1110 g/mol. The Balaban J connectivity index is 0.000000329. The lowest BCUT2D eigenvalue weighted by atomic mass is 9.83. The molecule has 5 rings (SSSR count). The predicted octanol–water partition coefficient (Wildman–Crippen LogP) is -6.86. The fourth-order valence-corrected chi connectivity index (χ4v) is 9.80. The molecule has 0 aromatic carbocycles. The van der Waals surface area contributed by atoms with Crippen LogP contribution in [-0.4, -0.2) is 279 Å². The highest BCUT2D eigenvalue weighted by molar-refractivity contribution is 5.79. The molecule has 31 nitrogen and oxygen atoms in total. The number of amides is 1. The molecule has 0 aromatic rings. The number of nitrogens with one attached hydrogen (secondary N) is 1. The van der Waals surface area contributed by atoms with Crippen LogP contribution in [0.3, 0.4) is 0 Å². The van der Waals surface area contributed by atoms with Gasteiger partial charge in [0.05, 0.1) is 75.0 Å². The van der Waals surface area contributed by atoms with E-state index in [9.17, 15) is 90.4 Å². The van der Waals surface area contributed by atoms with E-state index in [-0.39, 0.29) is 6.47 Å². The van der Waals surface area contributed by atoms with E-state index in [0.29, 0.717) is 0 Å². The van der Waals surface area contributed by atoms with Gasteiger partial charge in [-0.3, -0.25) is 9.59 Å². The molecule has 0 radical (unpaired) electrons. The standard InChI is InChI=1S/C23H37NO15.C22H38O15/c1-10-12(28)5-22(38-19(10)17(30)14(7-25)33-3)21(32)35-8-15(37-22)18(31)20-16(24-11(2)27)13(29)6-23(34-4,39-20)36-9-26;1-9-11(25)5-21(34-4,19(29)30)36-18(9)16(28)14(8-24)35-22(20(31)32)6-12(26)10(2)17(37-22)15(27)13(7-23)33-3/h9-10,12-20,25,28-31H,5-8H2,1-4H3,(H,24,27);9-18,23-28H,5-8H2,1-4H3,(H,29,30)(H,31,32)/t10-,12-,13?,14-,15+,16?,17-,18?,19?,20-,22-,23?;9-,10-,11-,12-,13-,14-,15-,16-,17?,18?,21-,22-/m11/s1. The number of methoxy groups -OCH3 is 4. The Hall–Kier alpha value is -3.49. The SMILES string of the molecule is CO[C@H](CO)[C@@H](O)C1O[C@@](O[C@H](CO)[C@@H](O)C2O[C@@](OC)(C(=O)O)C[C@@H](O)[C@H]2C)(C(=O)O)C[C@@H](O)[C@H]1C.CO[C@H](CO)[C@@H](O)C1O[C@@]2(C[C@@H](O)[C@H]1C)O[C@H](C(O)[C@@H]1OC(OC)(OC=O)CC(O)C1NC(C)=O)COC2=O. The molecule has 5 heterocycles. The maximum atomic E-state index is 12.9. The summed E-state index contributed by atoms with van der Waals surface area (Å²) < 4.78 is 64.5. The molecule has 5 saturated heterocycles. The molecule has 0 aromatic heterocycles. The number of carboxylic acid groups (broad SMARTS) is 2. The van der Waals surface area contributed by atoms with Crippen LogP contribution in [0.25, 0.3) is 0 Å². The lowest BCUT2D eigenvalue weighted by Gasteiger charge is -2.51. The van der Waals surface area contributed by atoms with Crippen molar-refractivity contribution < 1.29 is 147 Å². The third-order valence-electron chi connectivity index (χ3n) is 14.6. The van der Waals surface area contributed by atoms with E-state index >= 15 is 0 Å². The fourth-order valence-electron chi connectivity index (χ4n) is 9.80. The van der Waals surface area contributed by atoms with Gasteiger partial charge in [-0.15, -0.1) is 0 Å². The van der Waals surface area contributed by atoms with Crippen molar-refractivity contribution in [2.24, 2.45) is 17.8 Å². The molecule has 24 atom stereocenters. The molecule has 7 unspecified atom stereocenters. The van der Waals surface area contributed by atoms with Crippen LogP contribution < -0.4 is 5.32 Å². The summed E-state index contributed by atoms with van der Waals surface area (Å²) >= 11 is 0. The molecule has 440 valence electrons. The van der Waals surface area contributed by atoms with Crippen LogP contribution >= 0.6 is 0 Å². The second-order valence-corrected chi connectivity index (χ2v) is 19.4. The molecule has 76 heavy (non-hydrogen) atoms. The molecule has 0 aliphatic carbocycles. The predicted molar refractivity (Wildman–Crippen MR) is 242 cm³/mol. The van der Waals surface area contributed by atoms with Crippen molar-refractivity contribution in [3.63, 3.8) is 0 Å². The zero-order valence-electron chi connectivity index (χ0n) is 43.0. The second kappa shape index (κ2) is 27.1. The van der Waals surface area contributed by atoms with Gasteiger partial charge in [-0.05, 0) is 0 Å². The Morgan fingerprint density at radius 3 is 1.54 bits per heavy atom. The first-order chi connectivity index (χ1) is 35.6. The van der Waals surface area contributed by atoms with Crippen molar-refractivity contribution in [2.75, 3.05) is 54.9 Å². The van der Waals surface area contributed by atoms with Crippen molar-refractivity contribution in [1.29, 1.82) is 0 Å². The summed E-state index contributed by atoms with van der Waals surface area (Å²) in [7, 11) is 4.61. The molecular weight excluding hydrogens is 1030 g/mol. The van der Waals surface area contributed by atoms with Crippen LogP contribution in [-0.2, 0) is 80.8 Å². The first-order valence-electron chi connectivity index (χ1n) is 24.1. The van der Waals surface area contributed by atoms with Gasteiger partial charge in [0, 0.05) is 72.4 Å². The fraction of sp³-hybridized carbons (Fsp3) is 0.889. The number of carboxylic acids is 2. The number of rotatable bonds is 22. The first kappa shape index (κ1) is 65.0. The molecule has 5 fully saturated rings. The van der Waals surface area contributed by atoms with Gasteiger partial charge < -0.3 is 129 Å². The van der Waals surface area contributed by atoms with E-state index < -0.39 is 221 Å². The number of aliphatic carboxylic acids is 2. The van der Waals surface area contributed by atoms with Crippen LogP contribution in [0.1, 0.15) is 53.4 Å². The zero-order chi connectivity index (χ0) is 57.4. The number of carbonyl (C=O) groups excluding carboxylic acids is 3. The van der Waals surface area contributed by atoms with E-state index in [0.717, 1.165) is 14.2 Å². The summed E-state index contributed by atoms with van der Waals surface area (Å²) in [5.41, 5.74) is 0. The van der Waals surface area contributed by atoms with E-state index in [1.807, 2.05) is 0 Å². The number of carbonyl (C=O) groups is 5. The summed E-state index contributed by atoms with van der Waals surface area (Å²) in [6.45, 7) is 2.90. The molecule has 1 spiro atoms. The van der Waals surface area contributed by atoms with Crippen molar-refractivity contribution in [3.8, 4) is 0 Å². The molecule has 1 amide bonds. The van der Waals surface area contributed by atoms with Crippen molar-refractivity contribution in [3.05, 3.63) is 0 Å². The molecule has 5 aliphatic heterocycles. The maximum absolute atomic E-state index is 12.9. The number of ether oxygens (including phenoxy) is 12. The Morgan fingerprint density at radius 2 is 1.11 bits per heavy atom. The number of esters is 1. The van der Waals surface area contributed by atoms with Crippen LogP contribution in [0, 0.1) is 17.8 Å². The van der Waals surface area contributed by atoms with Crippen LogP contribution in [0.15, 0.2) is 0 Å². The number of aliphatic hydroxyl groups excluding tert-OH is 11. The molecule has 5 aliphatic rings. The summed E-state index contributed by atoms with van der Waals surface area (Å²) in [6, 6.07) is -1.24. The zero-order valence-corrected chi connectivity index (χ0v) is 43.0. The third kappa shape index (κ3) is 13.7. The van der Waals surface area contributed by atoms with Crippen molar-refractivity contribution in [2.45, 2.75) is 180 Å². The van der Waals surface area contributed by atoms with Gasteiger partial charge in [-0.2, -0.15) is 0 Å². The molecular formula is C45H75NO30. The Labute approximate surface area is 435 Å². The van der Waals surface area contributed by atoms with Gasteiger partial charge in [-0.25, -0.2) is 14.4 Å². The Morgan fingerprint density at radius 1 is 0.645 bits per heavy atom. The minimum Gasteiger partial charge on any atom is -0.477 e. The highest BCUT2D eigenvalue weighted by Crippen LogP contribution is 2.43. The van der Waals surface area contributed by atoms with Crippen LogP contribution in [0.5, 0.6) is 0 Å². The van der Waals surface area contributed by atoms with E-state index in [1.165, 1.54) is 35.0 Å². The highest BCUT2D eigenvalue weighted by atomic mass is 16.9. The molecule has 0 saturated carbocycles. The Kier molecular flexibility index (Phi) is 23.2. The first-order valence-corrected chi connectivity index (χ1v) is 24.1. The normalized spacial score (nSPS) is 40.6. The van der Waals surface area contributed by atoms with Crippen LogP contribution in [0.2, 0.25) is 0 Å². The number of hydrogen-bond acceptors (Lipinski definition) is 28. The number of cyclic esters (lactones) is 1. The average molecular weight is 1110 g/mol. The smallest absolute Gasteiger partial charge is 0.367 e. The van der Waals surface area contributed by atoms with Gasteiger partial charge in [-0.1, -0.05) is 20.8 Å². The minimum absolute atomic E-state index is 0.0236. The third-order valence-corrected chi connectivity index (χ3v) is 14.6. The van der Waals surface area contributed by atoms with E-state index in [2.05, 4.69) is 5.32 Å². The molecule has 14 N–H and O–H groups in total.